The predicted molar refractivity (Wildman–Crippen MR) is 88.9 cm³/mol. The summed E-state index contributed by atoms with van der Waals surface area (Å²) in [4.78, 5) is 16.7. The first-order valence-electron chi connectivity index (χ1n) is 9.03. The van der Waals surface area contributed by atoms with Crippen LogP contribution in [-0.4, -0.2) is 65.8 Å². The van der Waals surface area contributed by atoms with E-state index >= 15 is 0 Å². The fraction of sp³-hybridized carbons (Fsp3) is 0.941. The van der Waals surface area contributed by atoms with Crippen molar-refractivity contribution in [3.05, 3.63) is 0 Å². The SMILES string of the molecule is CC(C)C(CNC(=O)N1CCC[C@H]1CO)N1CCCCCC1. The van der Waals surface area contributed by atoms with Crippen molar-refractivity contribution < 1.29 is 9.90 Å². The van der Waals surface area contributed by atoms with Crippen molar-refractivity contribution >= 4 is 6.03 Å². The fourth-order valence-corrected chi connectivity index (χ4v) is 3.80. The van der Waals surface area contributed by atoms with Crippen molar-refractivity contribution in [2.75, 3.05) is 32.8 Å². The van der Waals surface area contributed by atoms with Gasteiger partial charge < -0.3 is 15.3 Å². The number of rotatable bonds is 5. The van der Waals surface area contributed by atoms with Crippen LogP contribution in [-0.2, 0) is 0 Å². The van der Waals surface area contributed by atoms with Gasteiger partial charge in [0, 0.05) is 19.1 Å². The lowest BCUT2D eigenvalue weighted by Gasteiger charge is -2.34. The van der Waals surface area contributed by atoms with Crippen LogP contribution in [0.5, 0.6) is 0 Å². The first-order valence-corrected chi connectivity index (χ1v) is 9.03. The Hall–Kier alpha value is -0.810. The monoisotopic (exact) mass is 311 g/mol. The van der Waals surface area contributed by atoms with Crippen LogP contribution in [0.1, 0.15) is 52.4 Å². The van der Waals surface area contributed by atoms with E-state index in [-0.39, 0.29) is 18.7 Å². The first kappa shape index (κ1) is 17.5. The quantitative estimate of drug-likeness (QED) is 0.817. The van der Waals surface area contributed by atoms with Crippen molar-refractivity contribution in [2.45, 2.75) is 64.5 Å². The molecule has 0 spiro atoms. The zero-order chi connectivity index (χ0) is 15.9. The molecule has 1 unspecified atom stereocenters. The van der Waals surface area contributed by atoms with Gasteiger partial charge in [0.05, 0.1) is 12.6 Å². The van der Waals surface area contributed by atoms with E-state index in [9.17, 15) is 9.90 Å². The molecule has 22 heavy (non-hydrogen) atoms. The minimum absolute atomic E-state index is 0.00276. The molecule has 5 nitrogen and oxygen atoms in total. The molecule has 2 saturated heterocycles. The van der Waals surface area contributed by atoms with Crippen LogP contribution in [0.4, 0.5) is 4.79 Å². The Labute approximate surface area is 135 Å². The van der Waals surface area contributed by atoms with Gasteiger partial charge in [-0.15, -0.1) is 0 Å². The van der Waals surface area contributed by atoms with Gasteiger partial charge in [-0.05, 0) is 44.7 Å². The molecule has 0 saturated carbocycles. The van der Waals surface area contributed by atoms with Crippen molar-refractivity contribution in [3.63, 3.8) is 0 Å². The van der Waals surface area contributed by atoms with E-state index in [0.29, 0.717) is 18.5 Å². The Bertz CT molecular complexity index is 341. The molecule has 128 valence electrons. The minimum Gasteiger partial charge on any atom is -0.394 e. The van der Waals surface area contributed by atoms with Crippen LogP contribution in [0, 0.1) is 5.92 Å². The Kier molecular flexibility index (Phi) is 6.96. The Morgan fingerprint density at radius 1 is 1.14 bits per heavy atom. The molecule has 0 bridgehead atoms. The summed E-state index contributed by atoms with van der Waals surface area (Å²) in [6.45, 7) is 8.36. The average molecular weight is 311 g/mol. The molecule has 2 N–H and O–H groups in total. The van der Waals surface area contributed by atoms with Gasteiger partial charge in [0.25, 0.3) is 0 Å². The number of hydrogen-bond acceptors (Lipinski definition) is 3. The van der Waals surface area contributed by atoms with Gasteiger partial charge in [0.2, 0.25) is 0 Å². The van der Waals surface area contributed by atoms with Crippen LogP contribution in [0.15, 0.2) is 0 Å². The number of carbonyl (C=O) groups excluding carboxylic acids is 1. The van der Waals surface area contributed by atoms with E-state index in [0.717, 1.165) is 32.5 Å². The van der Waals surface area contributed by atoms with Gasteiger partial charge >= 0.3 is 6.03 Å². The maximum atomic E-state index is 12.4. The molecule has 2 aliphatic heterocycles. The number of likely N-dealkylation sites (tertiary alicyclic amines) is 2. The molecule has 0 aliphatic carbocycles. The number of hydrogen-bond donors (Lipinski definition) is 2. The standard InChI is InChI=1S/C17H33N3O2/c1-14(2)16(19-9-5-3-4-6-10-19)12-18-17(22)20-11-7-8-15(20)13-21/h14-16,21H,3-13H2,1-2H3,(H,18,22)/t15-,16?/m0/s1. The molecule has 2 fully saturated rings. The normalized spacial score (nSPS) is 25.3. The second-order valence-corrected chi connectivity index (χ2v) is 7.12. The van der Waals surface area contributed by atoms with Crippen LogP contribution in [0.3, 0.4) is 0 Å². The number of aliphatic hydroxyl groups is 1. The van der Waals surface area contributed by atoms with Gasteiger partial charge in [0.1, 0.15) is 0 Å². The van der Waals surface area contributed by atoms with Crippen LogP contribution < -0.4 is 5.32 Å². The maximum Gasteiger partial charge on any atom is 0.317 e. The molecule has 0 aromatic carbocycles. The highest BCUT2D eigenvalue weighted by Crippen LogP contribution is 2.19. The first-order chi connectivity index (χ1) is 10.6. The number of amides is 2. The topological polar surface area (TPSA) is 55.8 Å². The lowest BCUT2D eigenvalue weighted by atomic mass is 10.0. The molecular weight excluding hydrogens is 278 g/mol. The van der Waals surface area contributed by atoms with E-state index < -0.39 is 0 Å². The molecule has 2 aliphatic rings. The summed E-state index contributed by atoms with van der Waals surface area (Å²) >= 11 is 0. The summed E-state index contributed by atoms with van der Waals surface area (Å²) in [5.74, 6) is 0.533. The number of carbonyl (C=O) groups is 1. The largest absolute Gasteiger partial charge is 0.394 e. The van der Waals surface area contributed by atoms with Crippen LogP contribution in [0.2, 0.25) is 0 Å². The van der Waals surface area contributed by atoms with Gasteiger partial charge in [-0.3, -0.25) is 4.90 Å². The minimum atomic E-state index is -0.00276. The molecule has 2 rings (SSSR count). The molecular formula is C17H33N3O2. The third-order valence-electron chi connectivity index (χ3n) is 5.19. The summed E-state index contributed by atoms with van der Waals surface area (Å²) in [6.07, 6.45) is 7.13. The van der Waals surface area contributed by atoms with E-state index in [2.05, 4.69) is 24.1 Å². The number of nitrogens with one attached hydrogen (secondary N) is 1. The van der Waals surface area contributed by atoms with Crippen molar-refractivity contribution in [1.82, 2.24) is 15.1 Å². The summed E-state index contributed by atoms with van der Waals surface area (Å²) in [5.41, 5.74) is 0. The predicted octanol–water partition coefficient (Wildman–Crippen LogP) is 2.05. The van der Waals surface area contributed by atoms with Gasteiger partial charge in [0.15, 0.2) is 0 Å². The molecule has 0 aromatic rings. The number of urea groups is 1. The summed E-state index contributed by atoms with van der Waals surface area (Å²) < 4.78 is 0. The van der Waals surface area contributed by atoms with E-state index in [1.807, 2.05) is 0 Å². The van der Waals surface area contributed by atoms with Gasteiger partial charge in [-0.2, -0.15) is 0 Å². The molecule has 2 amide bonds. The van der Waals surface area contributed by atoms with Crippen molar-refractivity contribution in [2.24, 2.45) is 5.92 Å². The highest BCUT2D eigenvalue weighted by atomic mass is 16.3. The lowest BCUT2D eigenvalue weighted by Crippen LogP contribution is -2.51. The third kappa shape index (κ3) is 4.59. The molecule has 5 heteroatoms. The average Bonchev–Trinajstić information content (AvgIpc) is 2.83. The zero-order valence-corrected chi connectivity index (χ0v) is 14.3. The van der Waals surface area contributed by atoms with Crippen LogP contribution >= 0.6 is 0 Å². The highest BCUT2D eigenvalue weighted by molar-refractivity contribution is 5.74. The van der Waals surface area contributed by atoms with Gasteiger partial charge in [-0.25, -0.2) is 4.79 Å². The number of aliphatic hydroxyl groups excluding tert-OH is 1. The summed E-state index contributed by atoms with van der Waals surface area (Å²) in [5, 5.41) is 12.5. The van der Waals surface area contributed by atoms with Crippen LogP contribution in [0.25, 0.3) is 0 Å². The number of nitrogens with zero attached hydrogens (tertiary/aromatic N) is 2. The zero-order valence-electron chi connectivity index (χ0n) is 14.3. The molecule has 2 heterocycles. The maximum absolute atomic E-state index is 12.4. The van der Waals surface area contributed by atoms with Crippen molar-refractivity contribution in [1.29, 1.82) is 0 Å². The Balaban J connectivity index is 1.86. The summed E-state index contributed by atoms with van der Waals surface area (Å²) in [7, 11) is 0. The Morgan fingerprint density at radius 2 is 1.82 bits per heavy atom. The molecule has 0 aromatic heterocycles. The second-order valence-electron chi connectivity index (χ2n) is 7.12. The second kappa shape index (κ2) is 8.73. The Morgan fingerprint density at radius 3 is 2.41 bits per heavy atom. The smallest absolute Gasteiger partial charge is 0.317 e. The van der Waals surface area contributed by atoms with E-state index in [1.54, 1.807) is 4.90 Å². The molecule has 2 atom stereocenters. The van der Waals surface area contributed by atoms with Gasteiger partial charge in [-0.1, -0.05) is 26.7 Å². The third-order valence-corrected chi connectivity index (χ3v) is 5.19. The highest BCUT2D eigenvalue weighted by Gasteiger charge is 2.29. The fourth-order valence-electron chi connectivity index (χ4n) is 3.80. The lowest BCUT2D eigenvalue weighted by molar-refractivity contribution is 0.139. The van der Waals surface area contributed by atoms with E-state index in [4.69, 9.17) is 0 Å². The summed E-state index contributed by atoms with van der Waals surface area (Å²) in [6, 6.07) is 0.421. The van der Waals surface area contributed by atoms with E-state index in [1.165, 1.54) is 25.7 Å². The molecule has 0 radical (unpaired) electrons. The van der Waals surface area contributed by atoms with Crippen molar-refractivity contribution in [3.8, 4) is 0 Å².